The highest BCUT2D eigenvalue weighted by atomic mass is 35.5. The summed E-state index contributed by atoms with van der Waals surface area (Å²) in [5, 5.41) is 1.12. The number of rotatable bonds is 3. The summed E-state index contributed by atoms with van der Waals surface area (Å²) in [5.41, 5.74) is 2.40. The summed E-state index contributed by atoms with van der Waals surface area (Å²) < 4.78 is 5.37. The van der Waals surface area contributed by atoms with Gasteiger partial charge in [0.15, 0.2) is 10.3 Å². The molecular weight excluding hydrogens is 358 g/mol. The number of amides is 1. The number of likely N-dealkylation sites (tertiary alicyclic amines) is 1. The number of morpholine rings is 1. The molecule has 132 valence electrons. The molecule has 0 aliphatic carbocycles. The van der Waals surface area contributed by atoms with Crippen molar-refractivity contribution in [2.24, 2.45) is 0 Å². The topological polar surface area (TPSA) is 45.7 Å². The van der Waals surface area contributed by atoms with Crippen LogP contribution in [-0.4, -0.2) is 48.6 Å². The van der Waals surface area contributed by atoms with Crippen molar-refractivity contribution in [2.75, 3.05) is 37.7 Å². The lowest BCUT2D eigenvalue weighted by molar-refractivity contribution is 0.0465. The lowest BCUT2D eigenvalue weighted by Crippen LogP contribution is -2.44. The van der Waals surface area contributed by atoms with E-state index in [1.807, 2.05) is 4.90 Å². The molecule has 5 nitrogen and oxygen atoms in total. The van der Waals surface area contributed by atoms with Gasteiger partial charge >= 0.3 is 0 Å². The van der Waals surface area contributed by atoms with Crippen LogP contribution in [0.2, 0.25) is 5.15 Å². The van der Waals surface area contributed by atoms with Crippen molar-refractivity contribution < 1.29 is 9.53 Å². The number of benzene rings is 1. The Morgan fingerprint density at radius 2 is 1.96 bits per heavy atom. The van der Waals surface area contributed by atoms with E-state index in [9.17, 15) is 4.79 Å². The highest BCUT2D eigenvalue weighted by Gasteiger charge is 2.36. The lowest BCUT2D eigenvalue weighted by atomic mass is 9.94. The molecule has 0 spiro atoms. The molecule has 2 aliphatic rings. The molecule has 0 N–H and O–H groups in total. The molecule has 2 saturated heterocycles. The van der Waals surface area contributed by atoms with Crippen LogP contribution in [0.25, 0.3) is 0 Å². The minimum absolute atomic E-state index is 0.0150. The Morgan fingerprint density at radius 3 is 2.60 bits per heavy atom. The molecule has 1 unspecified atom stereocenters. The first-order valence-corrected chi connectivity index (χ1v) is 9.69. The van der Waals surface area contributed by atoms with Crippen molar-refractivity contribution in [1.29, 1.82) is 0 Å². The quantitative estimate of drug-likeness (QED) is 0.820. The molecule has 2 aromatic rings. The molecule has 3 heterocycles. The second-order valence-corrected chi connectivity index (χ2v) is 7.77. The lowest BCUT2D eigenvalue weighted by Gasteiger charge is -2.41. The first-order chi connectivity index (χ1) is 12.1. The van der Waals surface area contributed by atoms with E-state index in [0.29, 0.717) is 23.2 Å². The van der Waals surface area contributed by atoms with Gasteiger partial charge in [0.1, 0.15) is 4.88 Å². The van der Waals surface area contributed by atoms with Gasteiger partial charge in [-0.25, -0.2) is 4.98 Å². The van der Waals surface area contributed by atoms with Gasteiger partial charge in [0.05, 0.1) is 19.3 Å². The third kappa shape index (κ3) is 3.26. The molecule has 0 bridgehead atoms. The molecule has 1 aromatic heterocycles. The maximum atomic E-state index is 13.0. The first-order valence-electron chi connectivity index (χ1n) is 8.50. The number of hydrogen-bond acceptors (Lipinski definition) is 5. The van der Waals surface area contributed by atoms with Gasteiger partial charge in [-0.15, -0.1) is 0 Å². The number of halogens is 1. The van der Waals surface area contributed by atoms with Crippen LogP contribution in [0.3, 0.4) is 0 Å². The molecule has 7 heteroatoms. The monoisotopic (exact) mass is 377 g/mol. The number of thiazole rings is 1. The van der Waals surface area contributed by atoms with Crippen LogP contribution in [0, 0.1) is 6.92 Å². The molecule has 1 atom stereocenters. The van der Waals surface area contributed by atoms with E-state index in [-0.39, 0.29) is 11.9 Å². The summed E-state index contributed by atoms with van der Waals surface area (Å²) in [6, 6.07) is 8.52. The molecule has 1 amide bonds. The fourth-order valence-corrected chi connectivity index (χ4v) is 4.50. The average molecular weight is 378 g/mol. The van der Waals surface area contributed by atoms with E-state index in [4.69, 9.17) is 16.3 Å². The predicted molar refractivity (Wildman–Crippen MR) is 99.7 cm³/mol. The smallest absolute Gasteiger partial charge is 0.267 e. The zero-order chi connectivity index (χ0) is 17.4. The number of ether oxygens (including phenoxy) is 1. The van der Waals surface area contributed by atoms with Crippen LogP contribution in [0.15, 0.2) is 24.3 Å². The Kier molecular flexibility index (Phi) is 4.67. The maximum absolute atomic E-state index is 13.0. The van der Waals surface area contributed by atoms with E-state index >= 15 is 0 Å². The van der Waals surface area contributed by atoms with E-state index in [1.165, 1.54) is 22.5 Å². The van der Waals surface area contributed by atoms with Crippen LogP contribution in [0.1, 0.15) is 33.3 Å². The number of anilines is 1. The van der Waals surface area contributed by atoms with E-state index in [2.05, 4.69) is 41.1 Å². The SMILES string of the molecule is Cc1ccc(C2CCN2C(=O)c2sc(N3CCOCC3)nc2Cl)cc1. The second kappa shape index (κ2) is 6.94. The normalized spacial score (nSPS) is 20.5. The number of hydrogen-bond donors (Lipinski definition) is 0. The van der Waals surface area contributed by atoms with Gasteiger partial charge in [-0.2, -0.15) is 0 Å². The zero-order valence-corrected chi connectivity index (χ0v) is 15.6. The van der Waals surface area contributed by atoms with Gasteiger partial charge in [-0.3, -0.25) is 4.79 Å². The third-order valence-corrected chi connectivity index (χ3v) is 6.28. The van der Waals surface area contributed by atoms with E-state index in [0.717, 1.165) is 31.2 Å². The number of nitrogens with zero attached hydrogens (tertiary/aromatic N) is 3. The minimum Gasteiger partial charge on any atom is -0.378 e. The fraction of sp³-hybridized carbons (Fsp3) is 0.444. The number of aromatic nitrogens is 1. The standard InChI is InChI=1S/C18H20ClN3O2S/c1-12-2-4-13(5-3-12)14-6-7-22(14)17(23)15-16(19)20-18(25-15)21-8-10-24-11-9-21/h2-5,14H,6-11H2,1H3. The Hall–Kier alpha value is -1.63. The van der Waals surface area contributed by atoms with Gasteiger partial charge in [0.2, 0.25) is 0 Å². The second-order valence-electron chi connectivity index (χ2n) is 6.43. The maximum Gasteiger partial charge on any atom is 0.267 e. The first kappa shape index (κ1) is 16.8. The van der Waals surface area contributed by atoms with Crippen molar-refractivity contribution >= 4 is 34.0 Å². The summed E-state index contributed by atoms with van der Waals surface area (Å²) in [6.45, 7) is 5.76. The number of carbonyl (C=O) groups excluding carboxylic acids is 1. The Bertz CT molecular complexity index is 771. The molecule has 0 saturated carbocycles. The van der Waals surface area contributed by atoms with E-state index in [1.54, 1.807) is 0 Å². The molecule has 2 aliphatic heterocycles. The van der Waals surface area contributed by atoms with Gasteiger partial charge < -0.3 is 14.5 Å². The molecule has 25 heavy (non-hydrogen) atoms. The fourth-order valence-electron chi connectivity index (χ4n) is 3.21. The minimum atomic E-state index is -0.0150. The molecule has 0 radical (unpaired) electrons. The van der Waals surface area contributed by atoms with Gasteiger partial charge in [0, 0.05) is 19.6 Å². The van der Waals surface area contributed by atoms with Crippen molar-refractivity contribution in [3.63, 3.8) is 0 Å². The molecule has 2 fully saturated rings. The largest absolute Gasteiger partial charge is 0.378 e. The number of aryl methyl sites for hydroxylation is 1. The summed E-state index contributed by atoms with van der Waals surface area (Å²) in [7, 11) is 0. The Balaban J connectivity index is 1.52. The van der Waals surface area contributed by atoms with Crippen molar-refractivity contribution in [3.8, 4) is 0 Å². The van der Waals surface area contributed by atoms with Gasteiger partial charge in [-0.1, -0.05) is 52.8 Å². The summed E-state index contributed by atoms with van der Waals surface area (Å²) in [5.74, 6) is -0.0150. The van der Waals surface area contributed by atoms with Crippen molar-refractivity contribution in [3.05, 3.63) is 45.4 Å². The number of carbonyl (C=O) groups is 1. The highest BCUT2D eigenvalue weighted by molar-refractivity contribution is 7.18. The summed E-state index contributed by atoms with van der Waals surface area (Å²) in [4.78, 5) is 21.9. The summed E-state index contributed by atoms with van der Waals surface area (Å²) in [6.07, 6.45) is 0.988. The predicted octanol–water partition coefficient (Wildman–Crippen LogP) is 3.53. The molecule has 1 aromatic carbocycles. The summed E-state index contributed by atoms with van der Waals surface area (Å²) >= 11 is 7.68. The van der Waals surface area contributed by atoms with Crippen LogP contribution >= 0.6 is 22.9 Å². The van der Waals surface area contributed by atoms with Gasteiger partial charge in [-0.05, 0) is 18.9 Å². The van der Waals surface area contributed by atoms with E-state index < -0.39 is 0 Å². The zero-order valence-electron chi connectivity index (χ0n) is 14.1. The third-order valence-electron chi connectivity index (χ3n) is 4.79. The van der Waals surface area contributed by atoms with Crippen molar-refractivity contribution in [2.45, 2.75) is 19.4 Å². The Labute approximate surface area is 156 Å². The highest BCUT2D eigenvalue weighted by Crippen LogP contribution is 2.38. The van der Waals surface area contributed by atoms with Crippen LogP contribution in [-0.2, 0) is 4.74 Å². The average Bonchev–Trinajstić information content (AvgIpc) is 2.98. The molecular formula is C18H20ClN3O2S. The van der Waals surface area contributed by atoms with Gasteiger partial charge in [0.25, 0.3) is 5.91 Å². The van der Waals surface area contributed by atoms with Crippen LogP contribution in [0.5, 0.6) is 0 Å². The van der Waals surface area contributed by atoms with Crippen LogP contribution in [0.4, 0.5) is 5.13 Å². The van der Waals surface area contributed by atoms with Crippen LogP contribution < -0.4 is 4.90 Å². The van der Waals surface area contributed by atoms with Crippen molar-refractivity contribution in [1.82, 2.24) is 9.88 Å². The molecule has 4 rings (SSSR count). The Morgan fingerprint density at radius 1 is 1.24 bits per heavy atom.